The van der Waals surface area contributed by atoms with Gasteiger partial charge in [-0.25, -0.2) is 8.42 Å². The van der Waals surface area contributed by atoms with E-state index in [4.69, 9.17) is 0 Å². The van der Waals surface area contributed by atoms with Crippen molar-refractivity contribution in [1.29, 1.82) is 0 Å². The summed E-state index contributed by atoms with van der Waals surface area (Å²) in [5.74, 6) is 0.199. The fourth-order valence-electron chi connectivity index (χ4n) is 5.22. The average molecular weight is 571 g/mol. The first-order valence-corrected chi connectivity index (χ1v) is 17.4. The van der Waals surface area contributed by atoms with Crippen LogP contribution in [0.1, 0.15) is 187 Å². The Bertz CT molecular complexity index is 527. The minimum absolute atomic E-state index is 0. The minimum atomic E-state index is -4.58. The summed E-state index contributed by atoms with van der Waals surface area (Å²) in [6.07, 6.45) is 35.1. The van der Waals surface area contributed by atoms with Crippen molar-refractivity contribution in [2.75, 3.05) is 6.61 Å². The Morgan fingerprint density at radius 2 is 0.730 bits per heavy atom. The van der Waals surface area contributed by atoms with Gasteiger partial charge in [0.15, 0.2) is 0 Å². The molecule has 0 aromatic rings. The monoisotopic (exact) mass is 570 g/mol. The third-order valence-corrected chi connectivity index (χ3v) is 8.05. The van der Waals surface area contributed by atoms with Crippen LogP contribution < -0.4 is 51.4 Å². The molecule has 0 spiro atoms. The van der Waals surface area contributed by atoms with Crippen molar-refractivity contribution in [3.8, 4) is 0 Å². The predicted octanol–water partition coefficient (Wildman–Crippen LogP) is 7.66. The zero-order valence-corrected chi connectivity index (χ0v) is 29.4. The second-order valence-electron chi connectivity index (χ2n) is 11.3. The van der Waals surface area contributed by atoms with E-state index in [2.05, 4.69) is 18.0 Å². The molecule has 0 aliphatic heterocycles. The van der Waals surface area contributed by atoms with Crippen molar-refractivity contribution in [1.82, 2.24) is 0 Å². The molecule has 4 nitrogen and oxygen atoms in total. The molecule has 0 aliphatic carbocycles. The van der Waals surface area contributed by atoms with Crippen LogP contribution in [-0.4, -0.2) is 19.6 Å². The van der Waals surface area contributed by atoms with Crippen LogP contribution in [0.4, 0.5) is 0 Å². The van der Waals surface area contributed by atoms with Crippen LogP contribution in [0.3, 0.4) is 0 Å². The largest absolute Gasteiger partial charge is 1.00 e. The molecule has 0 heterocycles. The van der Waals surface area contributed by atoms with Crippen LogP contribution in [0.15, 0.2) is 0 Å². The van der Waals surface area contributed by atoms with E-state index in [-0.39, 0.29) is 63.9 Å². The molecule has 0 radical (unpaired) electrons. The number of rotatable bonds is 30. The van der Waals surface area contributed by atoms with Gasteiger partial charge in [-0.2, -0.15) is 0 Å². The molecule has 37 heavy (non-hydrogen) atoms. The van der Waals surface area contributed by atoms with Crippen molar-refractivity contribution in [2.45, 2.75) is 187 Å². The van der Waals surface area contributed by atoms with E-state index < -0.39 is 10.4 Å². The Balaban J connectivity index is 0. The van der Waals surface area contributed by atoms with Gasteiger partial charge in [-0.3, -0.25) is 4.18 Å². The van der Waals surface area contributed by atoms with Gasteiger partial charge in [-0.15, -0.1) is 0 Å². The summed E-state index contributed by atoms with van der Waals surface area (Å²) in [7, 11) is -4.58. The fraction of sp³-hybridized carbons (Fsp3) is 1.00. The second kappa shape index (κ2) is 32.0. The summed E-state index contributed by atoms with van der Waals surface area (Å²) in [5, 5.41) is 0. The minimum Gasteiger partial charge on any atom is -0.726 e. The van der Waals surface area contributed by atoms with Gasteiger partial charge in [0.05, 0.1) is 6.61 Å². The van der Waals surface area contributed by atoms with E-state index in [1.165, 1.54) is 148 Å². The van der Waals surface area contributed by atoms with E-state index in [9.17, 15) is 13.0 Å². The van der Waals surface area contributed by atoms with Gasteiger partial charge in [0.2, 0.25) is 10.4 Å². The molecule has 0 rings (SSSR count). The molecule has 0 aromatic carbocycles. The van der Waals surface area contributed by atoms with Gasteiger partial charge in [0.1, 0.15) is 0 Å². The normalized spacial score (nSPS) is 12.5. The maximum atomic E-state index is 10.9. The van der Waals surface area contributed by atoms with Gasteiger partial charge in [0, 0.05) is 0 Å². The van der Waals surface area contributed by atoms with Gasteiger partial charge >= 0.3 is 51.4 Å². The maximum Gasteiger partial charge on any atom is 1.00 e. The molecule has 6 heteroatoms. The molecule has 1 unspecified atom stereocenters. The molecule has 1 atom stereocenters. The van der Waals surface area contributed by atoms with Crippen molar-refractivity contribution < 1.29 is 68.5 Å². The van der Waals surface area contributed by atoms with Crippen LogP contribution >= 0.6 is 0 Å². The van der Waals surface area contributed by atoms with E-state index >= 15 is 0 Å². The predicted molar refractivity (Wildman–Crippen MR) is 155 cm³/mol. The molecule has 0 fully saturated rings. The smallest absolute Gasteiger partial charge is 0.726 e. The average Bonchev–Trinajstić information content (AvgIpc) is 2.84. The third kappa shape index (κ3) is 35.5. The van der Waals surface area contributed by atoms with Crippen LogP contribution in [0, 0.1) is 5.92 Å². The SMILES string of the molecule is CCCCCCCCCCCCCCCC(CCCCCCCCCCCCCC)COS(=O)(=O)[O-].[K+]. The van der Waals surface area contributed by atoms with E-state index in [1.807, 2.05) is 0 Å². The summed E-state index contributed by atoms with van der Waals surface area (Å²) in [4.78, 5) is 0. The molecular formula is C31H63KO4S. The number of hydrogen-bond donors (Lipinski definition) is 0. The molecule has 0 aliphatic rings. The first kappa shape index (κ1) is 40.6. The van der Waals surface area contributed by atoms with Gasteiger partial charge < -0.3 is 4.55 Å². The zero-order chi connectivity index (χ0) is 26.6. The molecule has 0 amide bonds. The Morgan fingerprint density at radius 1 is 0.486 bits per heavy atom. The van der Waals surface area contributed by atoms with Crippen molar-refractivity contribution in [2.24, 2.45) is 5.92 Å². The molecular weight excluding hydrogens is 508 g/mol. The summed E-state index contributed by atoms with van der Waals surface area (Å²) in [5.41, 5.74) is 0. The Hall–Kier alpha value is 1.51. The van der Waals surface area contributed by atoms with Crippen molar-refractivity contribution in [3.05, 3.63) is 0 Å². The number of hydrogen-bond acceptors (Lipinski definition) is 4. The molecule has 0 aromatic heterocycles. The Labute approximate surface area is 276 Å². The standard InChI is InChI=1S/C31H64O4S.K/c1-3-5-7-9-11-13-15-17-19-21-23-25-27-29-31(30-35-36(32,33)34)28-26-24-22-20-18-16-14-12-10-8-6-4-2;/h31H,3-30H2,1-2H3,(H,32,33,34);/q;+1/p-1. The van der Waals surface area contributed by atoms with Crippen LogP contribution in [0.2, 0.25) is 0 Å². The van der Waals surface area contributed by atoms with Gasteiger partial charge in [0.25, 0.3) is 0 Å². The Kier molecular flexibility index (Phi) is 35.2. The van der Waals surface area contributed by atoms with E-state index in [0.29, 0.717) is 0 Å². The molecule has 0 saturated carbocycles. The summed E-state index contributed by atoms with van der Waals surface area (Å²) in [6, 6.07) is 0. The molecule has 0 N–H and O–H groups in total. The summed E-state index contributed by atoms with van der Waals surface area (Å²) < 4.78 is 37.4. The fourth-order valence-corrected chi connectivity index (χ4v) is 5.57. The van der Waals surface area contributed by atoms with Crippen LogP contribution in [0.25, 0.3) is 0 Å². The number of unbranched alkanes of at least 4 members (excludes halogenated alkanes) is 23. The van der Waals surface area contributed by atoms with Gasteiger partial charge in [-0.1, -0.05) is 174 Å². The summed E-state index contributed by atoms with van der Waals surface area (Å²) in [6.45, 7) is 4.61. The third-order valence-electron chi connectivity index (χ3n) is 7.63. The second-order valence-corrected chi connectivity index (χ2v) is 12.3. The van der Waals surface area contributed by atoms with Crippen molar-refractivity contribution >= 4 is 10.4 Å². The topological polar surface area (TPSA) is 66.4 Å². The molecule has 218 valence electrons. The molecule has 0 bridgehead atoms. The van der Waals surface area contributed by atoms with E-state index in [1.54, 1.807) is 0 Å². The Morgan fingerprint density at radius 3 is 0.973 bits per heavy atom. The van der Waals surface area contributed by atoms with E-state index in [0.717, 1.165) is 25.7 Å². The first-order valence-electron chi connectivity index (χ1n) is 16.1. The van der Waals surface area contributed by atoms with Crippen LogP contribution in [-0.2, 0) is 14.6 Å². The quantitative estimate of drug-likeness (QED) is 0.0385. The van der Waals surface area contributed by atoms with Crippen molar-refractivity contribution in [3.63, 3.8) is 0 Å². The van der Waals surface area contributed by atoms with Crippen LogP contribution in [0.5, 0.6) is 0 Å². The summed E-state index contributed by atoms with van der Waals surface area (Å²) >= 11 is 0. The zero-order valence-electron chi connectivity index (χ0n) is 25.4. The van der Waals surface area contributed by atoms with Gasteiger partial charge in [-0.05, 0) is 18.8 Å². The first-order chi connectivity index (χ1) is 17.5. The maximum absolute atomic E-state index is 10.9. The molecule has 0 saturated heterocycles.